The zero-order chi connectivity index (χ0) is 73.3. The molecule has 8 atom stereocenters. The van der Waals surface area contributed by atoms with Crippen LogP contribution in [0.25, 0.3) is 0 Å². The second-order valence-corrected chi connectivity index (χ2v) is 25.0. The molecular weight excluding hydrogens is 1370 g/mol. The van der Waals surface area contributed by atoms with Gasteiger partial charge in [0, 0.05) is 45.9 Å². The molecule has 2 aromatic carbocycles. The second kappa shape index (κ2) is 37.7. The minimum atomic E-state index is -0.939. The number of rotatable bonds is 9. The summed E-state index contributed by atoms with van der Waals surface area (Å²) in [5, 5.41) is 25.3. The van der Waals surface area contributed by atoms with E-state index in [1.165, 1.54) is 14.7 Å². The van der Waals surface area contributed by atoms with E-state index in [0.29, 0.717) is 70.9 Å². The standard InChI is InChI=1S/C20H19N5O4.C15H21N3O4.C14H19N3O4.C10H13N3O2.C10H7N2O2.ClH.Li.H2O/c1-12-16(20(27)25(2)14-9-6-10-21-18(14)28-12)22-17(26)19-24-23-15(29-19)11-13-7-4-3-5-8-13;1-9-11(17-14(20)22-15(2,3)4)13(19)18(5)10-7-6-8-16-12(10)21-9;1-8-10(17-13(19)21-14(2,3)4)11(18)16-9-6-5-7-15-12(9)20-8;1-6-8(11)10(14)13(2)7-4-3-5-12-9(7)15-6;13-7-10-12-11-9(14-10)6-8-4-2-1-3-5-8;;;/h3-10,12,16H,11H2,1-2H3,(H,22,26);6-9,11H,1-5H3,(H,17,20);5-8,10H,1-4H3,(H,16,18)(H,17,19);3-6,8H,11H2,1-2H3;1-5H,6H2;1H;;1H2/q;;;;-1;;+1;/p-1/t12-,16+;9-,11+;8-,10+;6-,8+;;;;/m1111..../s1. The number of benzene rings is 2. The number of hydrogen-bond donors (Lipinski definition) is 5. The molecule has 0 bridgehead atoms. The number of nitrogens with one attached hydrogen (secondary N) is 4. The van der Waals surface area contributed by atoms with Crippen LogP contribution >= 0.6 is 12.4 Å². The molecule has 6 aromatic heterocycles. The monoisotopic (exact) mass is 1450 g/mol. The number of carbonyl (C=O) groups is 7. The van der Waals surface area contributed by atoms with Crippen molar-refractivity contribution in [3.05, 3.63) is 169 Å². The van der Waals surface area contributed by atoms with Crippen LogP contribution < -0.4 is 79.5 Å². The number of halogens is 1. The summed E-state index contributed by atoms with van der Waals surface area (Å²) >= 11 is 0. The maximum atomic E-state index is 12.9. The molecule has 10 heterocycles. The minimum Gasteiger partial charge on any atom is -0.870 e. The molecule has 33 nitrogen and oxygen atoms in total. The summed E-state index contributed by atoms with van der Waals surface area (Å²) in [7, 11) is 4.90. The number of nitrogens with two attached hydrogens (primary N) is 1. The molecule has 0 fully saturated rings. The first kappa shape index (κ1) is 83.5. The van der Waals surface area contributed by atoms with Crippen LogP contribution in [-0.4, -0.2) is 175 Å². The number of anilines is 4. The van der Waals surface area contributed by atoms with Gasteiger partial charge in [-0.25, -0.2) is 29.5 Å². The molecule has 7 N–H and O–H groups in total. The fourth-order valence-corrected chi connectivity index (χ4v) is 9.71. The average molecular weight is 1450 g/mol. The molecule has 104 heavy (non-hydrogen) atoms. The van der Waals surface area contributed by atoms with Crippen molar-refractivity contribution in [1.29, 1.82) is 0 Å². The van der Waals surface area contributed by atoms with Gasteiger partial charge in [-0.1, -0.05) is 60.7 Å². The Bertz CT molecular complexity index is 4200. The number of pyridine rings is 4. The molecule has 0 saturated carbocycles. The summed E-state index contributed by atoms with van der Waals surface area (Å²) in [5.74, 6) is 0.102. The van der Waals surface area contributed by atoms with Crippen LogP contribution in [0.5, 0.6) is 23.5 Å². The molecule has 4 aliphatic rings. The number of alkyl carbamates (subject to hydrolysis) is 2. The molecule has 35 heteroatoms. The van der Waals surface area contributed by atoms with Gasteiger partial charge in [-0.05, 0) is 129 Å². The van der Waals surface area contributed by atoms with Gasteiger partial charge in [-0.2, -0.15) is 6.29 Å². The van der Waals surface area contributed by atoms with E-state index in [1.807, 2.05) is 60.7 Å². The first-order chi connectivity index (χ1) is 48.0. The molecule has 548 valence electrons. The van der Waals surface area contributed by atoms with Crippen molar-refractivity contribution >= 4 is 83.2 Å². The summed E-state index contributed by atoms with van der Waals surface area (Å²) in [6.07, 6.45) is 5.37. The SMILES string of the molecule is C[C@H]1Oc2ncccc2N(C)C(=O)[C@H]1N.C[C@H]1Oc2ncccc2N(C)C(=O)[C@H]1NC(=O)OC(C)(C)C.C[C@H]1Oc2ncccc2N(C)C(=O)[C@H]1NC(=O)c1nnc(Cc2ccccc2)o1.C[C@H]1Oc2ncccc2NC(=O)[C@H]1NC(=O)OC(C)(C)C.Cl.O=[C-]c1nnc(Cc2ccccc2)o1.[Li+].[OH-]. The van der Waals surface area contributed by atoms with Crippen molar-refractivity contribution in [3.63, 3.8) is 0 Å². The third kappa shape index (κ3) is 22.9. The van der Waals surface area contributed by atoms with Gasteiger partial charge in [-0.15, -0.1) is 32.8 Å². The van der Waals surface area contributed by atoms with Crippen molar-refractivity contribution in [2.24, 2.45) is 5.73 Å². The summed E-state index contributed by atoms with van der Waals surface area (Å²) in [6.45, 7) is 17.4. The molecule has 0 spiro atoms. The van der Waals surface area contributed by atoms with Crippen LogP contribution in [-0.2, 0) is 46.3 Å². The Morgan fingerprint density at radius 3 is 1.36 bits per heavy atom. The fraction of sp³-hybridized carbons (Fsp3) is 0.362. The van der Waals surface area contributed by atoms with Gasteiger partial charge in [0.1, 0.15) is 88.4 Å². The minimum absolute atomic E-state index is 0. The number of aromatic nitrogens is 8. The van der Waals surface area contributed by atoms with E-state index in [2.05, 4.69) is 61.6 Å². The van der Waals surface area contributed by atoms with Gasteiger partial charge in [0.05, 0.1) is 12.8 Å². The first-order valence-electron chi connectivity index (χ1n) is 31.7. The van der Waals surface area contributed by atoms with Crippen LogP contribution in [0.1, 0.15) is 109 Å². The van der Waals surface area contributed by atoms with E-state index in [0.717, 1.165) is 11.1 Å². The molecule has 4 aliphatic heterocycles. The average Bonchev–Trinajstić information content (AvgIpc) is 1.66. The predicted molar refractivity (Wildman–Crippen MR) is 373 cm³/mol. The van der Waals surface area contributed by atoms with Crippen molar-refractivity contribution in [3.8, 4) is 23.5 Å². The smallest absolute Gasteiger partial charge is 0.870 e. The van der Waals surface area contributed by atoms with E-state index in [-0.39, 0.29) is 78.3 Å². The van der Waals surface area contributed by atoms with E-state index >= 15 is 0 Å². The predicted octanol–water partition coefficient (Wildman–Crippen LogP) is 3.53. The molecular formula is C69H81ClLiN16O17-. The molecule has 0 radical (unpaired) electrons. The normalized spacial score (nSPS) is 19.1. The van der Waals surface area contributed by atoms with Crippen molar-refractivity contribution in [2.45, 2.75) is 142 Å². The van der Waals surface area contributed by atoms with Gasteiger partial charge in [0.2, 0.25) is 41.2 Å². The maximum Gasteiger partial charge on any atom is 1.00 e. The number of amides is 7. The maximum absolute atomic E-state index is 12.9. The van der Waals surface area contributed by atoms with Gasteiger partial charge >= 0.3 is 42.8 Å². The summed E-state index contributed by atoms with van der Waals surface area (Å²) in [4.78, 5) is 117. The number of carbonyl (C=O) groups excluding carboxylic acids is 8. The van der Waals surface area contributed by atoms with Crippen molar-refractivity contribution in [1.82, 2.24) is 56.3 Å². The Balaban J connectivity index is 0.000000237. The van der Waals surface area contributed by atoms with Crippen LogP contribution in [0.2, 0.25) is 0 Å². The quantitative estimate of drug-likeness (QED) is 0.102. The number of ether oxygens (including phenoxy) is 6. The Labute approximate surface area is 617 Å². The Kier molecular flexibility index (Phi) is 30.3. The number of likely N-dealkylation sites (N-methyl/N-ethyl adjacent to an activating group) is 3. The van der Waals surface area contributed by atoms with Crippen LogP contribution in [0, 0.1) is 0 Å². The summed E-state index contributed by atoms with van der Waals surface area (Å²) in [5.41, 5.74) is 8.74. The Morgan fingerprint density at radius 2 is 0.904 bits per heavy atom. The van der Waals surface area contributed by atoms with E-state index in [1.54, 1.807) is 170 Å². The zero-order valence-electron chi connectivity index (χ0n) is 59.6. The van der Waals surface area contributed by atoms with Gasteiger partial charge in [-0.3, -0.25) is 24.0 Å². The van der Waals surface area contributed by atoms with E-state index in [4.69, 9.17) is 43.0 Å². The van der Waals surface area contributed by atoms with Crippen LogP contribution in [0.15, 0.2) is 143 Å². The molecule has 12 rings (SSSR count). The van der Waals surface area contributed by atoms with Crippen molar-refractivity contribution < 1.29 is 99.9 Å². The molecule has 7 amide bonds. The Hall–Kier alpha value is -11.1. The number of fused-ring (bicyclic) bond motifs is 4. The van der Waals surface area contributed by atoms with Gasteiger partial charge < -0.3 is 89.2 Å². The zero-order valence-corrected chi connectivity index (χ0v) is 60.4. The Morgan fingerprint density at radius 1 is 0.519 bits per heavy atom. The molecule has 0 aliphatic carbocycles. The topological polar surface area (TPSA) is 435 Å². The van der Waals surface area contributed by atoms with Crippen LogP contribution in [0.4, 0.5) is 32.3 Å². The van der Waals surface area contributed by atoms with Crippen molar-refractivity contribution in [2.75, 3.05) is 41.2 Å². The third-order valence-corrected chi connectivity index (χ3v) is 14.8. The molecule has 0 saturated heterocycles. The fourth-order valence-electron chi connectivity index (χ4n) is 9.71. The van der Waals surface area contributed by atoms with Gasteiger partial charge in [0.25, 0.3) is 17.7 Å². The van der Waals surface area contributed by atoms with E-state index in [9.17, 15) is 38.4 Å². The summed E-state index contributed by atoms with van der Waals surface area (Å²) in [6, 6.07) is 29.8. The summed E-state index contributed by atoms with van der Waals surface area (Å²) < 4.78 is 43.4. The van der Waals surface area contributed by atoms with Gasteiger partial charge in [0.15, 0.2) is 0 Å². The molecule has 0 unspecified atom stereocenters. The number of nitrogens with zero attached hydrogens (tertiary/aromatic N) is 11. The second-order valence-electron chi connectivity index (χ2n) is 25.0. The number of hydrogen-bond acceptors (Lipinski definition) is 26. The third-order valence-electron chi connectivity index (χ3n) is 14.8. The largest absolute Gasteiger partial charge is 1.00 e. The molecule has 8 aromatic rings. The first-order valence-corrected chi connectivity index (χ1v) is 31.7. The van der Waals surface area contributed by atoms with E-state index < -0.39 is 71.8 Å². The van der Waals surface area contributed by atoms with Crippen LogP contribution in [0.3, 0.4) is 0 Å².